The largest absolute Gasteiger partial charge is 0.395 e. The Labute approximate surface area is 87.1 Å². The first-order chi connectivity index (χ1) is 6.49. The molecule has 0 radical (unpaired) electrons. The normalized spacial score (nSPS) is 11.1. The van der Waals surface area contributed by atoms with E-state index in [1.54, 1.807) is 4.90 Å². The van der Waals surface area contributed by atoms with Crippen molar-refractivity contribution in [3.63, 3.8) is 0 Å². The summed E-state index contributed by atoms with van der Waals surface area (Å²) < 4.78 is 0. The molecule has 0 fully saturated rings. The minimum atomic E-state index is 0.0472. The van der Waals surface area contributed by atoms with E-state index in [1.807, 2.05) is 13.8 Å². The molecule has 0 bridgehead atoms. The number of carbonyl (C=O) groups is 1. The van der Waals surface area contributed by atoms with Crippen LogP contribution in [0.15, 0.2) is 0 Å². The van der Waals surface area contributed by atoms with Crippen LogP contribution in [-0.2, 0) is 4.79 Å². The fourth-order valence-corrected chi connectivity index (χ4v) is 1.33. The second-order valence-corrected chi connectivity index (χ2v) is 4.34. The third-order valence-electron chi connectivity index (χ3n) is 2.22. The van der Waals surface area contributed by atoms with Crippen molar-refractivity contribution in [1.29, 1.82) is 0 Å². The van der Waals surface area contributed by atoms with Crippen LogP contribution in [0.3, 0.4) is 0 Å². The Bertz CT molecular complexity index is 167. The van der Waals surface area contributed by atoms with E-state index in [9.17, 15) is 4.79 Å². The van der Waals surface area contributed by atoms with Gasteiger partial charge in [-0.05, 0) is 26.2 Å². The number of aliphatic hydroxyl groups excluding tert-OH is 1. The predicted octanol–water partition coefficient (Wildman–Crippen LogP) is 1.65. The van der Waals surface area contributed by atoms with Crippen LogP contribution in [-0.4, -0.2) is 35.1 Å². The maximum absolute atomic E-state index is 11.7. The summed E-state index contributed by atoms with van der Waals surface area (Å²) in [6.45, 7) is 8.67. The molecular formula is C11H23NO2. The third kappa shape index (κ3) is 5.22. The molecule has 0 aromatic heterocycles. The van der Waals surface area contributed by atoms with E-state index in [4.69, 9.17) is 5.11 Å². The Hall–Kier alpha value is -0.570. The number of rotatable bonds is 6. The zero-order valence-electron chi connectivity index (χ0n) is 9.79. The molecule has 1 N–H and O–H groups in total. The van der Waals surface area contributed by atoms with Crippen molar-refractivity contribution in [1.82, 2.24) is 4.90 Å². The first-order valence-electron chi connectivity index (χ1n) is 5.39. The summed E-state index contributed by atoms with van der Waals surface area (Å²) in [7, 11) is 0. The van der Waals surface area contributed by atoms with Crippen LogP contribution in [0.5, 0.6) is 0 Å². The Morgan fingerprint density at radius 3 is 2.21 bits per heavy atom. The standard InChI is InChI=1S/C11H23NO2/c1-9(2)5-6-11(14)12(7-8-13)10(3)4/h9-10,13H,5-8H2,1-4H3. The molecule has 0 aromatic carbocycles. The van der Waals surface area contributed by atoms with Gasteiger partial charge in [-0.2, -0.15) is 0 Å². The summed E-state index contributed by atoms with van der Waals surface area (Å²) in [5, 5.41) is 8.82. The zero-order chi connectivity index (χ0) is 11.1. The molecule has 0 aliphatic heterocycles. The summed E-state index contributed by atoms with van der Waals surface area (Å²) in [5.41, 5.74) is 0. The zero-order valence-corrected chi connectivity index (χ0v) is 9.79. The van der Waals surface area contributed by atoms with Gasteiger partial charge < -0.3 is 10.0 Å². The number of amides is 1. The highest BCUT2D eigenvalue weighted by atomic mass is 16.3. The van der Waals surface area contributed by atoms with Gasteiger partial charge in [0.1, 0.15) is 0 Å². The highest BCUT2D eigenvalue weighted by molar-refractivity contribution is 5.76. The molecule has 14 heavy (non-hydrogen) atoms. The second kappa shape index (κ2) is 6.82. The van der Waals surface area contributed by atoms with Crippen molar-refractivity contribution < 1.29 is 9.90 Å². The van der Waals surface area contributed by atoms with Gasteiger partial charge in [-0.15, -0.1) is 0 Å². The number of hydrogen-bond donors (Lipinski definition) is 1. The molecule has 0 unspecified atom stereocenters. The highest BCUT2D eigenvalue weighted by Gasteiger charge is 2.15. The van der Waals surface area contributed by atoms with Crippen molar-refractivity contribution in [2.75, 3.05) is 13.2 Å². The second-order valence-electron chi connectivity index (χ2n) is 4.34. The molecule has 0 rings (SSSR count). The maximum Gasteiger partial charge on any atom is 0.222 e. The fraction of sp³-hybridized carbons (Fsp3) is 0.909. The van der Waals surface area contributed by atoms with Crippen LogP contribution >= 0.6 is 0 Å². The van der Waals surface area contributed by atoms with Gasteiger partial charge in [0.2, 0.25) is 5.91 Å². The Morgan fingerprint density at radius 1 is 1.29 bits per heavy atom. The molecule has 3 heteroatoms. The van der Waals surface area contributed by atoms with E-state index in [-0.39, 0.29) is 18.6 Å². The first kappa shape index (κ1) is 13.4. The van der Waals surface area contributed by atoms with Gasteiger partial charge in [-0.3, -0.25) is 4.79 Å². The lowest BCUT2D eigenvalue weighted by Gasteiger charge is -2.26. The molecule has 0 aliphatic carbocycles. The Kier molecular flexibility index (Phi) is 6.54. The number of carbonyl (C=O) groups excluding carboxylic acids is 1. The van der Waals surface area contributed by atoms with Gasteiger partial charge in [0.05, 0.1) is 6.61 Å². The van der Waals surface area contributed by atoms with Crippen LogP contribution in [0.4, 0.5) is 0 Å². The number of nitrogens with zero attached hydrogens (tertiary/aromatic N) is 1. The van der Waals surface area contributed by atoms with Gasteiger partial charge in [0, 0.05) is 19.0 Å². The van der Waals surface area contributed by atoms with Crippen molar-refractivity contribution in [3.8, 4) is 0 Å². The number of aliphatic hydroxyl groups is 1. The first-order valence-corrected chi connectivity index (χ1v) is 5.39. The summed E-state index contributed by atoms with van der Waals surface area (Å²) in [6.07, 6.45) is 1.52. The average Bonchev–Trinajstić information content (AvgIpc) is 2.09. The molecule has 0 atom stereocenters. The van der Waals surface area contributed by atoms with Crippen LogP contribution in [0.25, 0.3) is 0 Å². The number of hydrogen-bond acceptors (Lipinski definition) is 2. The van der Waals surface area contributed by atoms with E-state index in [0.29, 0.717) is 18.9 Å². The molecule has 1 amide bonds. The van der Waals surface area contributed by atoms with Crippen LogP contribution in [0, 0.1) is 5.92 Å². The van der Waals surface area contributed by atoms with Crippen LogP contribution < -0.4 is 0 Å². The van der Waals surface area contributed by atoms with E-state index in [0.717, 1.165) is 6.42 Å². The predicted molar refractivity (Wildman–Crippen MR) is 58.0 cm³/mol. The molecule has 0 saturated carbocycles. The molecule has 0 heterocycles. The summed E-state index contributed by atoms with van der Waals surface area (Å²) in [5.74, 6) is 0.713. The van der Waals surface area contributed by atoms with Crippen molar-refractivity contribution >= 4 is 5.91 Å². The van der Waals surface area contributed by atoms with E-state index >= 15 is 0 Å². The molecule has 3 nitrogen and oxygen atoms in total. The van der Waals surface area contributed by atoms with E-state index in [2.05, 4.69) is 13.8 Å². The average molecular weight is 201 g/mol. The topological polar surface area (TPSA) is 40.5 Å². The van der Waals surface area contributed by atoms with Gasteiger partial charge in [0.25, 0.3) is 0 Å². The summed E-state index contributed by atoms with van der Waals surface area (Å²) in [4.78, 5) is 13.4. The smallest absolute Gasteiger partial charge is 0.222 e. The Morgan fingerprint density at radius 2 is 1.86 bits per heavy atom. The molecular weight excluding hydrogens is 178 g/mol. The lowest BCUT2D eigenvalue weighted by Crippen LogP contribution is -2.38. The minimum absolute atomic E-state index is 0.0472. The van der Waals surface area contributed by atoms with Gasteiger partial charge in [-0.25, -0.2) is 0 Å². The Balaban J connectivity index is 4.02. The minimum Gasteiger partial charge on any atom is -0.395 e. The highest BCUT2D eigenvalue weighted by Crippen LogP contribution is 2.08. The van der Waals surface area contributed by atoms with Crippen molar-refractivity contribution in [2.45, 2.75) is 46.6 Å². The van der Waals surface area contributed by atoms with Crippen LogP contribution in [0.2, 0.25) is 0 Å². The lowest BCUT2D eigenvalue weighted by atomic mass is 10.1. The quantitative estimate of drug-likeness (QED) is 0.710. The van der Waals surface area contributed by atoms with Crippen molar-refractivity contribution in [3.05, 3.63) is 0 Å². The SMILES string of the molecule is CC(C)CCC(=O)N(CCO)C(C)C. The van der Waals surface area contributed by atoms with Gasteiger partial charge in [-0.1, -0.05) is 13.8 Å². The molecule has 0 spiro atoms. The molecule has 0 saturated heterocycles. The molecule has 0 aliphatic rings. The fourth-order valence-electron chi connectivity index (χ4n) is 1.33. The third-order valence-corrected chi connectivity index (χ3v) is 2.22. The van der Waals surface area contributed by atoms with E-state index in [1.165, 1.54) is 0 Å². The van der Waals surface area contributed by atoms with Gasteiger partial charge >= 0.3 is 0 Å². The van der Waals surface area contributed by atoms with Gasteiger partial charge in [0.15, 0.2) is 0 Å². The monoisotopic (exact) mass is 201 g/mol. The van der Waals surface area contributed by atoms with Crippen molar-refractivity contribution in [2.24, 2.45) is 5.92 Å². The maximum atomic E-state index is 11.7. The molecule has 0 aromatic rings. The molecule has 84 valence electrons. The van der Waals surface area contributed by atoms with E-state index < -0.39 is 0 Å². The lowest BCUT2D eigenvalue weighted by molar-refractivity contribution is -0.133. The van der Waals surface area contributed by atoms with Crippen LogP contribution in [0.1, 0.15) is 40.5 Å². The summed E-state index contributed by atoms with van der Waals surface area (Å²) >= 11 is 0. The summed E-state index contributed by atoms with van der Waals surface area (Å²) in [6, 6.07) is 0.182.